The molecule has 0 saturated heterocycles. The number of anilines is 2. The molecular formula is C13H14N6. The number of aromatic nitrogens is 4. The number of nitrogens with one attached hydrogen (secondary N) is 1. The van der Waals surface area contributed by atoms with Crippen molar-refractivity contribution in [3.05, 3.63) is 30.3 Å². The zero-order valence-corrected chi connectivity index (χ0v) is 10.8. The van der Waals surface area contributed by atoms with Crippen LogP contribution in [0.1, 0.15) is 0 Å². The van der Waals surface area contributed by atoms with Gasteiger partial charge in [-0.1, -0.05) is 6.07 Å². The van der Waals surface area contributed by atoms with E-state index in [9.17, 15) is 0 Å². The molecular weight excluding hydrogens is 240 g/mol. The minimum Gasteiger partial charge on any atom is -0.384 e. The van der Waals surface area contributed by atoms with Crippen LogP contribution in [0.2, 0.25) is 0 Å². The maximum atomic E-state index is 5.68. The normalized spacial score (nSPS) is 10.8. The van der Waals surface area contributed by atoms with Crippen LogP contribution in [0.5, 0.6) is 0 Å². The Morgan fingerprint density at radius 2 is 1.89 bits per heavy atom. The summed E-state index contributed by atoms with van der Waals surface area (Å²) in [6, 6.07) is 9.36. The Hall–Kier alpha value is -2.63. The summed E-state index contributed by atoms with van der Waals surface area (Å²) in [5, 5.41) is 0. The molecule has 0 amide bonds. The number of fused-ring (bicyclic) bond motifs is 1. The summed E-state index contributed by atoms with van der Waals surface area (Å²) in [5.74, 6) is 2.01. The molecule has 6 nitrogen and oxygen atoms in total. The largest absolute Gasteiger partial charge is 0.384 e. The van der Waals surface area contributed by atoms with Gasteiger partial charge >= 0.3 is 0 Å². The molecule has 0 saturated carbocycles. The Morgan fingerprint density at radius 3 is 2.63 bits per heavy atom. The van der Waals surface area contributed by atoms with Crippen molar-refractivity contribution in [2.45, 2.75) is 0 Å². The molecule has 0 unspecified atom stereocenters. The van der Waals surface area contributed by atoms with Crippen LogP contribution in [-0.2, 0) is 0 Å². The van der Waals surface area contributed by atoms with E-state index in [1.807, 2.05) is 43.3 Å². The van der Waals surface area contributed by atoms with E-state index in [0.29, 0.717) is 23.0 Å². The average molecular weight is 254 g/mol. The van der Waals surface area contributed by atoms with Gasteiger partial charge in [0.2, 0.25) is 0 Å². The molecule has 0 aliphatic heterocycles. The minimum absolute atomic E-state index is 0.472. The second-order valence-corrected chi connectivity index (χ2v) is 4.47. The molecule has 0 aliphatic rings. The molecule has 0 bridgehead atoms. The molecule has 3 rings (SSSR count). The molecule has 3 aromatic rings. The number of nitrogens with zero attached hydrogens (tertiary/aromatic N) is 4. The van der Waals surface area contributed by atoms with Crippen LogP contribution in [0.4, 0.5) is 11.6 Å². The highest BCUT2D eigenvalue weighted by Gasteiger charge is 2.09. The molecule has 0 spiro atoms. The van der Waals surface area contributed by atoms with Crippen LogP contribution in [-0.4, -0.2) is 34.0 Å². The quantitative estimate of drug-likeness (QED) is 0.726. The first-order valence-electron chi connectivity index (χ1n) is 5.90. The SMILES string of the molecule is CN(C)c1ccc2[nH]c(-c3cccc(N)n3)nc2n1. The molecule has 0 fully saturated rings. The van der Waals surface area contributed by atoms with Gasteiger partial charge in [0, 0.05) is 14.1 Å². The number of hydrogen-bond donors (Lipinski definition) is 2. The van der Waals surface area contributed by atoms with Gasteiger partial charge in [0.15, 0.2) is 11.5 Å². The summed E-state index contributed by atoms with van der Waals surface area (Å²) < 4.78 is 0. The van der Waals surface area contributed by atoms with E-state index in [-0.39, 0.29) is 0 Å². The predicted octanol–water partition coefficient (Wildman–Crippen LogP) is 1.67. The Balaban J connectivity index is 2.11. The van der Waals surface area contributed by atoms with Crippen molar-refractivity contribution in [3.8, 4) is 11.5 Å². The maximum Gasteiger partial charge on any atom is 0.180 e. The van der Waals surface area contributed by atoms with Gasteiger partial charge in [-0.2, -0.15) is 0 Å². The molecule has 0 aromatic carbocycles. The monoisotopic (exact) mass is 254 g/mol. The first kappa shape index (κ1) is 11.5. The molecule has 6 heteroatoms. The van der Waals surface area contributed by atoms with Gasteiger partial charge in [0.1, 0.15) is 17.3 Å². The van der Waals surface area contributed by atoms with Gasteiger partial charge < -0.3 is 15.6 Å². The lowest BCUT2D eigenvalue weighted by Gasteiger charge is -2.09. The van der Waals surface area contributed by atoms with Crippen molar-refractivity contribution >= 4 is 22.8 Å². The van der Waals surface area contributed by atoms with E-state index in [1.54, 1.807) is 6.07 Å². The maximum absolute atomic E-state index is 5.68. The second kappa shape index (κ2) is 4.24. The fourth-order valence-electron chi connectivity index (χ4n) is 1.84. The zero-order valence-electron chi connectivity index (χ0n) is 10.8. The molecule has 19 heavy (non-hydrogen) atoms. The standard InChI is InChI=1S/C13H14N6/c1-19(2)11-7-6-9-13(17-11)18-12(16-9)8-4-3-5-10(14)15-8/h3-7H,1-2H3,(H2,14,15)(H,16,17,18). The Labute approximate surface area is 110 Å². The lowest BCUT2D eigenvalue weighted by molar-refractivity contribution is 1.08. The summed E-state index contributed by atoms with van der Waals surface area (Å²) >= 11 is 0. The number of imidazole rings is 1. The molecule has 3 N–H and O–H groups in total. The van der Waals surface area contributed by atoms with Crippen LogP contribution in [0, 0.1) is 0 Å². The summed E-state index contributed by atoms with van der Waals surface area (Å²) in [6.07, 6.45) is 0. The van der Waals surface area contributed by atoms with Gasteiger partial charge in [0.25, 0.3) is 0 Å². The highest BCUT2D eigenvalue weighted by molar-refractivity contribution is 5.77. The number of rotatable bonds is 2. The smallest absolute Gasteiger partial charge is 0.180 e. The fraction of sp³-hybridized carbons (Fsp3) is 0.154. The van der Waals surface area contributed by atoms with E-state index in [0.717, 1.165) is 11.3 Å². The number of hydrogen-bond acceptors (Lipinski definition) is 5. The van der Waals surface area contributed by atoms with Crippen LogP contribution in [0.15, 0.2) is 30.3 Å². The summed E-state index contributed by atoms with van der Waals surface area (Å²) in [7, 11) is 3.89. The van der Waals surface area contributed by atoms with Crippen molar-refractivity contribution in [1.82, 2.24) is 19.9 Å². The second-order valence-electron chi connectivity index (χ2n) is 4.47. The highest BCUT2D eigenvalue weighted by atomic mass is 15.2. The van der Waals surface area contributed by atoms with Crippen molar-refractivity contribution in [2.24, 2.45) is 0 Å². The third kappa shape index (κ3) is 2.08. The lowest BCUT2D eigenvalue weighted by atomic mass is 10.3. The molecule has 0 atom stereocenters. The zero-order chi connectivity index (χ0) is 13.4. The van der Waals surface area contributed by atoms with Crippen LogP contribution in [0.25, 0.3) is 22.7 Å². The molecule has 0 radical (unpaired) electrons. The number of nitrogen functional groups attached to an aromatic ring is 1. The Kier molecular flexibility index (Phi) is 2.56. The minimum atomic E-state index is 0.472. The van der Waals surface area contributed by atoms with Crippen molar-refractivity contribution in [1.29, 1.82) is 0 Å². The average Bonchev–Trinajstić information content (AvgIpc) is 2.81. The van der Waals surface area contributed by atoms with Gasteiger partial charge in [0.05, 0.1) is 5.52 Å². The Bertz CT molecular complexity index is 731. The first-order valence-corrected chi connectivity index (χ1v) is 5.90. The summed E-state index contributed by atoms with van der Waals surface area (Å²) in [5.41, 5.74) is 7.94. The topological polar surface area (TPSA) is 83.7 Å². The number of nitrogens with two attached hydrogens (primary N) is 1. The van der Waals surface area contributed by atoms with E-state index in [4.69, 9.17) is 5.73 Å². The molecule has 3 aromatic heterocycles. The predicted molar refractivity (Wildman–Crippen MR) is 75.9 cm³/mol. The van der Waals surface area contributed by atoms with E-state index in [2.05, 4.69) is 19.9 Å². The van der Waals surface area contributed by atoms with Crippen molar-refractivity contribution < 1.29 is 0 Å². The molecule has 96 valence electrons. The number of aromatic amines is 1. The highest BCUT2D eigenvalue weighted by Crippen LogP contribution is 2.20. The van der Waals surface area contributed by atoms with Crippen LogP contribution in [0.3, 0.4) is 0 Å². The summed E-state index contributed by atoms with van der Waals surface area (Å²) in [6.45, 7) is 0. The molecule has 0 aliphatic carbocycles. The Morgan fingerprint density at radius 1 is 1.05 bits per heavy atom. The van der Waals surface area contributed by atoms with Gasteiger partial charge in [-0.25, -0.2) is 15.0 Å². The fourth-order valence-corrected chi connectivity index (χ4v) is 1.84. The van der Waals surface area contributed by atoms with E-state index >= 15 is 0 Å². The first-order chi connectivity index (χ1) is 9.13. The van der Waals surface area contributed by atoms with Gasteiger partial charge in [-0.3, -0.25) is 0 Å². The third-order valence-corrected chi connectivity index (χ3v) is 2.80. The molecule has 3 heterocycles. The summed E-state index contributed by atoms with van der Waals surface area (Å²) in [4.78, 5) is 18.3. The van der Waals surface area contributed by atoms with E-state index in [1.165, 1.54) is 0 Å². The number of H-pyrrole nitrogens is 1. The van der Waals surface area contributed by atoms with Crippen LogP contribution < -0.4 is 10.6 Å². The van der Waals surface area contributed by atoms with Gasteiger partial charge in [-0.05, 0) is 24.3 Å². The van der Waals surface area contributed by atoms with Gasteiger partial charge in [-0.15, -0.1) is 0 Å². The van der Waals surface area contributed by atoms with Crippen molar-refractivity contribution in [3.63, 3.8) is 0 Å². The number of pyridine rings is 2. The third-order valence-electron chi connectivity index (χ3n) is 2.80. The lowest BCUT2D eigenvalue weighted by Crippen LogP contribution is -2.10. The van der Waals surface area contributed by atoms with Crippen LogP contribution >= 0.6 is 0 Å². The van der Waals surface area contributed by atoms with Crippen molar-refractivity contribution in [2.75, 3.05) is 24.7 Å². The van der Waals surface area contributed by atoms with E-state index < -0.39 is 0 Å².